The highest BCUT2D eigenvalue weighted by Gasteiger charge is 2.03. The number of ether oxygens (including phenoxy) is 1. The fourth-order valence-corrected chi connectivity index (χ4v) is 1.72. The summed E-state index contributed by atoms with van der Waals surface area (Å²) < 4.78 is 9.82. The van der Waals surface area contributed by atoms with E-state index in [2.05, 4.69) is 0 Å². The second-order valence-corrected chi connectivity index (χ2v) is 4.39. The minimum absolute atomic E-state index is 0.178. The summed E-state index contributed by atoms with van der Waals surface area (Å²) in [7, 11) is 0. The number of hydrogen-bond donors (Lipinski definition) is 0. The smallest absolute Gasteiger partial charge is 0.339 e. The third-order valence-corrected chi connectivity index (χ3v) is 2.54. The zero-order valence-corrected chi connectivity index (χ0v) is 11.3. The van der Waals surface area contributed by atoms with Gasteiger partial charge in [0.05, 0.1) is 6.07 Å². The van der Waals surface area contributed by atoms with E-state index in [9.17, 15) is 9.59 Å². The number of esters is 1. The SMILES string of the molecule is Cc1cccc(/C=C/C(=O)Oc2cc(C)oc(=O)c2)c1. The quantitative estimate of drug-likeness (QED) is 0.635. The Hall–Kier alpha value is -2.62. The molecule has 0 amide bonds. The Bertz CT molecular complexity index is 710. The molecule has 1 aromatic heterocycles. The third kappa shape index (κ3) is 3.95. The Balaban J connectivity index is 2.07. The molecule has 4 nitrogen and oxygen atoms in total. The Kier molecular flexibility index (Phi) is 4.15. The van der Waals surface area contributed by atoms with E-state index in [4.69, 9.17) is 9.15 Å². The third-order valence-electron chi connectivity index (χ3n) is 2.54. The Morgan fingerprint density at radius 3 is 2.70 bits per heavy atom. The number of rotatable bonds is 3. The fraction of sp³-hybridized carbons (Fsp3) is 0.125. The lowest BCUT2D eigenvalue weighted by Gasteiger charge is -2.01. The highest BCUT2D eigenvalue weighted by Crippen LogP contribution is 2.10. The van der Waals surface area contributed by atoms with E-state index in [0.29, 0.717) is 5.76 Å². The van der Waals surface area contributed by atoms with Gasteiger partial charge in [-0.15, -0.1) is 0 Å². The maximum absolute atomic E-state index is 11.7. The van der Waals surface area contributed by atoms with Gasteiger partial charge in [0.2, 0.25) is 0 Å². The molecular weight excluding hydrogens is 256 g/mol. The van der Waals surface area contributed by atoms with Gasteiger partial charge in [-0.1, -0.05) is 29.8 Å². The average molecular weight is 270 g/mol. The molecular formula is C16H14O4. The lowest BCUT2D eigenvalue weighted by atomic mass is 10.1. The summed E-state index contributed by atoms with van der Waals surface area (Å²) in [5.74, 6) is 0.0251. The molecule has 102 valence electrons. The second kappa shape index (κ2) is 6.02. The molecule has 1 heterocycles. The number of aryl methyl sites for hydroxylation is 2. The first-order valence-electron chi connectivity index (χ1n) is 6.11. The summed E-state index contributed by atoms with van der Waals surface area (Å²) in [6.07, 6.45) is 2.98. The zero-order chi connectivity index (χ0) is 14.5. The highest BCUT2D eigenvalue weighted by molar-refractivity contribution is 5.88. The normalized spacial score (nSPS) is 10.7. The van der Waals surface area contributed by atoms with Crippen molar-refractivity contribution in [2.75, 3.05) is 0 Å². The van der Waals surface area contributed by atoms with Crippen LogP contribution in [-0.4, -0.2) is 5.97 Å². The summed E-state index contributed by atoms with van der Waals surface area (Å²) in [6, 6.07) is 10.3. The molecule has 4 heteroatoms. The van der Waals surface area contributed by atoms with Gasteiger partial charge in [-0.2, -0.15) is 0 Å². The summed E-state index contributed by atoms with van der Waals surface area (Å²) in [6.45, 7) is 3.59. The van der Waals surface area contributed by atoms with Crippen molar-refractivity contribution in [2.24, 2.45) is 0 Å². The van der Waals surface area contributed by atoms with Crippen molar-refractivity contribution in [1.29, 1.82) is 0 Å². The van der Waals surface area contributed by atoms with E-state index in [-0.39, 0.29) is 5.75 Å². The molecule has 0 aliphatic rings. The molecule has 0 aliphatic heterocycles. The first kappa shape index (κ1) is 13.8. The van der Waals surface area contributed by atoms with Crippen LogP contribution in [0.1, 0.15) is 16.9 Å². The molecule has 0 aliphatic carbocycles. The van der Waals surface area contributed by atoms with E-state index in [1.54, 1.807) is 13.0 Å². The van der Waals surface area contributed by atoms with Gasteiger partial charge in [0.25, 0.3) is 0 Å². The van der Waals surface area contributed by atoms with Gasteiger partial charge >= 0.3 is 11.6 Å². The van der Waals surface area contributed by atoms with Gasteiger partial charge in [0.15, 0.2) is 0 Å². The Morgan fingerprint density at radius 1 is 1.20 bits per heavy atom. The maximum Gasteiger partial charge on any atom is 0.339 e. The van der Waals surface area contributed by atoms with Crippen LogP contribution in [0, 0.1) is 13.8 Å². The molecule has 0 spiro atoms. The zero-order valence-electron chi connectivity index (χ0n) is 11.3. The molecule has 0 bridgehead atoms. The predicted molar refractivity (Wildman–Crippen MR) is 75.6 cm³/mol. The van der Waals surface area contributed by atoms with Crippen molar-refractivity contribution < 1.29 is 13.9 Å². The minimum atomic E-state index is -0.546. The first-order chi connectivity index (χ1) is 9.52. The molecule has 0 saturated carbocycles. The predicted octanol–water partition coefficient (Wildman–Crippen LogP) is 2.88. The summed E-state index contributed by atoms with van der Waals surface area (Å²) in [5.41, 5.74) is 1.47. The van der Waals surface area contributed by atoms with E-state index in [0.717, 1.165) is 17.2 Å². The van der Waals surface area contributed by atoms with Crippen LogP contribution in [0.4, 0.5) is 0 Å². The van der Waals surface area contributed by atoms with Gasteiger partial charge in [0, 0.05) is 12.1 Å². The largest absolute Gasteiger partial charge is 0.428 e. The first-order valence-corrected chi connectivity index (χ1v) is 6.11. The van der Waals surface area contributed by atoms with E-state index < -0.39 is 11.6 Å². The van der Waals surface area contributed by atoms with Crippen LogP contribution in [0.25, 0.3) is 6.08 Å². The van der Waals surface area contributed by atoms with Crippen LogP contribution in [0.15, 0.2) is 51.7 Å². The van der Waals surface area contributed by atoms with Crippen LogP contribution in [0.2, 0.25) is 0 Å². The molecule has 0 radical (unpaired) electrons. The fourth-order valence-electron chi connectivity index (χ4n) is 1.72. The van der Waals surface area contributed by atoms with Crippen LogP contribution >= 0.6 is 0 Å². The lowest BCUT2D eigenvalue weighted by molar-refractivity contribution is -0.128. The standard InChI is InChI=1S/C16H14O4/c1-11-4-3-5-13(8-11)6-7-15(17)20-14-9-12(2)19-16(18)10-14/h3-10H,1-2H3/b7-6+. The molecule has 0 atom stereocenters. The summed E-state index contributed by atoms with van der Waals surface area (Å²) in [5, 5.41) is 0. The van der Waals surface area contributed by atoms with E-state index >= 15 is 0 Å². The van der Waals surface area contributed by atoms with Crippen LogP contribution in [0.3, 0.4) is 0 Å². The second-order valence-electron chi connectivity index (χ2n) is 4.39. The van der Waals surface area contributed by atoms with Crippen molar-refractivity contribution in [3.8, 4) is 5.75 Å². The molecule has 0 saturated heterocycles. The van der Waals surface area contributed by atoms with E-state index in [1.807, 2.05) is 31.2 Å². The number of carbonyl (C=O) groups excluding carboxylic acids is 1. The van der Waals surface area contributed by atoms with Crippen LogP contribution in [-0.2, 0) is 4.79 Å². The number of benzene rings is 1. The average Bonchev–Trinajstić information content (AvgIpc) is 2.35. The topological polar surface area (TPSA) is 56.5 Å². The van der Waals surface area contributed by atoms with Crippen molar-refractivity contribution in [3.63, 3.8) is 0 Å². The molecule has 1 aromatic carbocycles. The minimum Gasteiger partial charge on any atom is -0.428 e. The molecule has 20 heavy (non-hydrogen) atoms. The molecule has 2 aromatic rings. The van der Waals surface area contributed by atoms with Gasteiger partial charge in [0.1, 0.15) is 11.5 Å². The van der Waals surface area contributed by atoms with E-state index in [1.165, 1.54) is 12.1 Å². The van der Waals surface area contributed by atoms with Crippen molar-refractivity contribution in [3.05, 3.63) is 69.8 Å². The molecule has 0 N–H and O–H groups in total. The maximum atomic E-state index is 11.7. The van der Waals surface area contributed by atoms with Gasteiger partial charge < -0.3 is 9.15 Å². The summed E-state index contributed by atoms with van der Waals surface area (Å²) in [4.78, 5) is 22.8. The Morgan fingerprint density at radius 2 is 2.00 bits per heavy atom. The van der Waals surface area contributed by atoms with Gasteiger partial charge in [-0.3, -0.25) is 0 Å². The highest BCUT2D eigenvalue weighted by atomic mass is 16.5. The van der Waals surface area contributed by atoms with Gasteiger partial charge in [-0.25, -0.2) is 9.59 Å². The molecule has 2 rings (SSSR count). The monoisotopic (exact) mass is 270 g/mol. The molecule has 0 fully saturated rings. The van der Waals surface area contributed by atoms with Crippen LogP contribution in [0.5, 0.6) is 5.75 Å². The van der Waals surface area contributed by atoms with Crippen molar-refractivity contribution in [2.45, 2.75) is 13.8 Å². The van der Waals surface area contributed by atoms with Crippen molar-refractivity contribution >= 4 is 12.0 Å². The molecule has 0 unspecified atom stereocenters. The van der Waals surface area contributed by atoms with Gasteiger partial charge in [-0.05, 0) is 25.5 Å². The van der Waals surface area contributed by atoms with Crippen molar-refractivity contribution in [1.82, 2.24) is 0 Å². The summed E-state index contributed by atoms with van der Waals surface area (Å²) >= 11 is 0. The number of carbonyl (C=O) groups is 1. The number of hydrogen-bond acceptors (Lipinski definition) is 4. The van der Waals surface area contributed by atoms with Crippen LogP contribution < -0.4 is 10.4 Å². The lowest BCUT2D eigenvalue weighted by Crippen LogP contribution is -2.07. The Labute approximate surface area is 116 Å².